The second kappa shape index (κ2) is 14.0. The number of ether oxygens (including phenoxy) is 1. The van der Waals surface area contributed by atoms with E-state index in [4.69, 9.17) is 4.74 Å². The highest BCUT2D eigenvalue weighted by molar-refractivity contribution is 5.76. The number of aromatic amines is 1. The molecule has 1 rings (SSSR count). The van der Waals surface area contributed by atoms with Crippen LogP contribution in [-0.2, 0) is 17.6 Å². The zero-order valence-corrected chi connectivity index (χ0v) is 17.7. The van der Waals surface area contributed by atoms with E-state index in [1.807, 2.05) is 0 Å². The Labute approximate surface area is 161 Å². The van der Waals surface area contributed by atoms with Gasteiger partial charge in [0.05, 0.1) is 11.8 Å². The Balaban J connectivity index is 2.87. The minimum Gasteiger partial charge on any atom is -0.375 e. The van der Waals surface area contributed by atoms with Gasteiger partial charge in [0.2, 0.25) is 0 Å². The molecule has 0 aliphatic heterocycles. The summed E-state index contributed by atoms with van der Waals surface area (Å²) >= 11 is 0. The summed E-state index contributed by atoms with van der Waals surface area (Å²) in [5.74, 6) is 0. The molecule has 1 aromatic heterocycles. The maximum absolute atomic E-state index is 11.6. The summed E-state index contributed by atoms with van der Waals surface area (Å²) in [4.78, 5) is 15.1. The van der Waals surface area contributed by atoms with E-state index in [1.165, 1.54) is 61.8 Å². The largest absolute Gasteiger partial charge is 0.375 e. The molecule has 0 radical (unpaired) electrons. The van der Waals surface area contributed by atoms with Crippen molar-refractivity contribution >= 4 is 6.29 Å². The van der Waals surface area contributed by atoms with Gasteiger partial charge in [0.25, 0.3) is 0 Å². The number of aldehydes is 1. The number of aromatic nitrogens is 1. The smallest absolute Gasteiger partial charge is 0.166 e. The average Bonchev–Trinajstić information content (AvgIpc) is 3.01. The molecule has 3 nitrogen and oxygen atoms in total. The van der Waals surface area contributed by atoms with Crippen molar-refractivity contribution in [1.29, 1.82) is 0 Å². The predicted molar refractivity (Wildman–Crippen MR) is 111 cm³/mol. The molecule has 1 unspecified atom stereocenters. The summed E-state index contributed by atoms with van der Waals surface area (Å²) in [6.07, 6.45) is 16.5. The van der Waals surface area contributed by atoms with E-state index in [0.717, 1.165) is 50.5 Å². The Kier molecular flexibility index (Phi) is 12.4. The van der Waals surface area contributed by atoms with Crippen LogP contribution in [0.2, 0.25) is 0 Å². The molecule has 1 heterocycles. The lowest BCUT2D eigenvalue weighted by atomic mass is 9.95. The molecule has 0 saturated heterocycles. The molecule has 1 aromatic rings. The lowest BCUT2D eigenvalue weighted by molar-refractivity contribution is 0.0890. The third-order valence-electron chi connectivity index (χ3n) is 5.39. The van der Waals surface area contributed by atoms with Crippen molar-refractivity contribution in [3.8, 4) is 0 Å². The van der Waals surface area contributed by atoms with Crippen molar-refractivity contribution in [2.75, 3.05) is 7.11 Å². The van der Waals surface area contributed by atoms with Crippen LogP contribution in [0.5, 0.6) is 0 Å². The third kappa shape index (κ3) is 7.26. The van der Waals surface area contributed by atoms with Crippen LogP contribution in [0.4, 0.5) is 0 Å². The quantitative estimate of drug-likeness (QED) is 0.255. The van der Waals surface area contributed by atoms with E-state index in [0.29, 0.717) is 0 Å². The molecule has 1 atom stereocenters. The topological polar surface area (TPSA) is 42.1 Å². The molecule has 0 aliphatic rings. The van der Waals surface area contributed by atoms with Crippen LogP contribution in [-0.4, -0.2) is 18.4 Å². The Morgan fingerprint density at radius 3 is 2.00 bits per heavy atom. The van der Waals surface area contributed by atoms with Gasteiger partial charge >= 0.3 is 0 Å². The molecule has 3 heteroatoms. The monoisotopic (exact) mass is 363 g/mol. The summed E-state index contributed by atoms with van der Waals surface area (Å²) in [7, 11) is 1.80. The highest BCUT2D eigenvalue weighted by atomic mass is 16.5. The summed E-state index contributed by atoms with van der Waals surface area (Å²) in [5, 5.41) is 0. The van der Waals surface area contributed by atoms with E-state index in [-0.39, 0.29) is 6.10 Å². The molecule has 0 aliphatic carbocycles. The summed E-state index contributed by atoms with van der Waals surface area (Å²) in [5.41, 5.74) is 4.56. The lowest BCUT2D eigenvalue weighted by Gasteiger charge is -2.17. The SMILES string of the molecule is CCCCCCCCC(OC)c1[nH]c(C=O)c(CCCC)c1CCCC. The number of carbonyl (C=O) groups excluding carboxylic acids is 1. The number of H-pyrrole nitrogens is 1. The molecular weight excluding hydrogens is 322 g/mol. The number of hydrogen-bond donors (Lipinski definition) is 1. The second-order valence-corrected chi connectivity index (χ2v) is 7.52. The van der Waals surface area contributed by atoms with Crippen molar-refractivity contribution in [2.45, 2.75) is 110 Å². The van der Waals surface area contributed by atoms with E-state index in [1.54, 1.807) is 7.11 Å². The Morgan fingerprint density at radius 2 is 1.42 bits per heavy atom. The number of nitrogens with one attached hydrogen (secondary N) is 1. The van der Waals surface area contributed by atoms with Crippen LogP contribution >= 0.6 is 0 Å². The standard InChI is InChI=1S/C23H41NO2/c1-5-8-11-12-13-14-17-22(26-4)23-20(16-10-7-3)19(15-9-6-2)21(18-25)24-23/h18,22,24H,5-17H2,1-4H3. The molecule has 0 amide bonds. The van der Waals surface area contributed by atoms with Gasteiger partial charge in [0.1, 0.15) is 0 Å². The van der Waals surface area contributed by atoms with Crippen LogP contribution < -0.4 is 0 Å². The maximum atomic E-state index is 11.6. The Bertz CT molecular complexity index is 493. The fourth-order valence-electron chi connectivity index (χ4n) is 3.76. The van der Waals surface area contributed by atoms with E-state index in [2.05, 4.69) is 25.8 Å². The van der Waals surface area contributed by atoms with Gasteiger partial charge in [0, 0.05) is 12.8 Å². The van der Waals surface area contributed by atoms with E-state index >= 15 is 0 Å². The molecule has 26 heavy (non-hydrogen) atoms. The summed E-state index contributed by atoms with van der Waals surface area (Å²) in [6, 6.07) is 0. The van der Waals surface area contributed by atoms with Gasteiger partial charge in [-0.25, -0.2) is 0 Å². The summed E-state index contributed by atoms with van der Waals surface area (Å²) in [6.45, 7) is 6.68. The van der Waals surface area contributed by atoms with Crippen molar-refractivity contribution < 1.29 is 9.53 Å². The minimum absolute atomic E-state index is 0.0853. The first-order valence-corrected chi connectivity index (χ1v) is 10.9. The first-order valence-electron chi connectivity index (χ1n) is 10.9. The van der Waals surface area contributed by atoms with Crippen LogP contribution in [0.25, 0.3) is 0 Å². The zero-order valence-electron chi connectivity index (χ0n) is 17.7. The van der Waals surface area contributed by atoms with Crippen LogP contribution in [0.1, 0.15) is 125 Å². The minimum atomic E-state index is 0.0853. The molecule has 0 saturated carbocycles. The first-order chi connectivity index (χ1) is 12.7. The fourth-order valence-corrected chi connectivity index (χ4v) is 3.76. The number of hydrogen-bond acceptors (Lipinski definition) is 2. The number of carbonyl (C=O) groups is 1. The zero-order chi connectivity index (χ0) is 19.2. The summed E-state index contributed by atoms with van der Waals surface area (Å²) < 4.78 is 5.85. The Hall–Kier alpha value is -1.09. The molecular formula is C23H41NO2. The molecule has 1 N–H and O–H groups in total. The molecule has 0 fully saturated rings. The normalized spacial score (nSPS) is 12.5. The highest BCUT2D eigenvalue weighted by Crippen LogP contribution is 2.31. The third-order valence-corrected chi connectivity index (χ3v) is 5.39. The van der Waals surface area contributed by atoms with Gasteiger partial charge < -0.3 is 9.72 Å². The first kappa shape index (κ1) is 23.0. The van der Waals surface area contributed by atoms with Crippen LogP contribution in [0.3, 0.4) is 0 Å². The van der Waals surface area contributed by atoms with Crippen molar-refractivity contribution in [1.82, 2.24) is 4.98 Å². The van der Waals surface area contributed by atoms with Gasteiger partial charge in [-0.1, -0.05) is 72.1 Å². The lowest BCUT2D eigenvalue weighted by Crippen LogP contribution is -2.06. The van der Waals surface area contributed by atoms with Gasteiger partial charge in [-0.2, -0.15) is 0 Å². The molecule has 0 spiro atoms. The predicted octanol–water partition coefficient (Wildman–Crippen LogP) is 6.95. The van der Waals surface area contributed by atoms with Crippen molar-refractivity contribution in [2.24, 2.45) is 0 Å². The van der Waals surface area contributed by atoms with E-state index < -0.39 is 0 Å². The molecule has 0 bridgehead atoms. The van der Waals surface area contributed by atoms with Gasteiger partial charge in [0.15, 0.2) is 6.29 Å². The highest BCUT2D eigenvalue weighted by Gasteiger charge is 2.22. The number of rotatable bonds is 16. The number of methoxy groups -OCH3 is 1. The van der Waals surface area contributed by atoms with Crippen molar-refractivity contribution in [3.63, 3.8) is 0 Å². The average molecular weight is 364 g/mol. The van der Waals surface area contributed by atoms with E-state index in [9.17, 15) is 4.79 Å². The Morgan fingerprint density at radius 1 is 0.846 bits per heavy atom. The van der Waals surface area contributed by atoms with Crippen molar-refractivity contribution in [3.05, 3.63) is 22.5 Å². The van der Waals surface area contributed by atoms with Gasteiger partial charge in [-0.05, 0) is 43.2 Å². The van der Waals surface area contributed by atoms with Crippen LogP contribution in [0, 0.1) is 0 Å². The number of unbranched alkanes of at least 4 members (excludes halogenated alkanes) is 7. The molecule has 0 aromatic carbocycles. The van der Waals surface area contributed by atoms with Gasteiger partial charge in [-0.3, -0.25) is 4.79 Å². The maximum Gasteiger partial charge on any atom is 0.166 e. The van der Waals surface area contributed by atoms with Gasteiger partial charge in [-0.15, -0.1) is 0 Å². The second-order valence-electron chi connectivity index (χ2n) is 7.52. The molecule has 150 valence electrons. The fraction of sp³-hybridized carbons (Fsp3) is 0.783. The van der Waals surface area contributed by atoms with Crippen LogP contribution in [0.15, 0.2) is 0 Å².